The number of halogens is 5. The Bertz CT molecular complexity index is 751. The number of rotatable bonds is 6. The summed E-state index contributed by atoms with van der Waals surface area (Å²) in [6.07, 6.45) is -3.37. The van der Waals surface area contributed by atoms with E-state index in [0.29, 0.717) is 18.9 Å². The fourth-order valence-corrected chi connectivity index (χ4v) is 2.44. The van der Waals surface area contributed by atoms with Gasteiger partial charge in [0.05, 0.1) is 7.11 Å². The average molecular weight is 360 g/mol. The second kappa shape index (κ2) is 7.29. The molecule has 0 heterocycles. The van der Waals surface area contributed by atoms with Crippen LogP contribution in [0.1, 0.15) is 30.0 Å². The van der Waals surface area contributed by atoms with Gasteiger partial charge in [-0.2, -0.15) is 8.78 Å². The van der Waals surface area contributed by atoms with Crippen molar-refractivity contribution >= 4 is 0 Å². The molecule has 0 unspecified atom stereocenters. The van der Waals surface area contributed by atoms with Gasteiger partial charge in [-0.15, -0.1) is 0 Å². The lowest BCUT2D eigenvalue weighted by molar-refractivity contribution is -0.189. The Hall–Kier alpha value is -2.31. The maximum absolute atomic E-state index is 14.3. The summed E-state index contributed by atoms with van der Waals surface area (Å²) in [6, 6.07) is 3.41. The van der Waals surface area contributed by atoms with Crippen LogP contribution >= 0.6 is 0 Å². The molecule has 0 saturated carbocycles. The first-order valence-electron chi connectivity index (χ1n) is 7.59. The minimum absolute atomic E-state index is 0.0231. The maximum atomic E-state index is 14.3. The Kier molecular flexibility index (Phi) is 5.55. The first kappa shape index (κ1) is 19.0. The van der Waals surface area contributed by atoms with Crippen LogP contribution in [0.5, 0.6) is 11.5 Å². The number of benzene rings is 2. The number of aryl methyl sites for hydroxylation is 1. The van der Waals surface area contributed by atoms with E-state index in [1.807, 2.05) is 0 Å². The van der Waals surface area contributed by atoms with Crippen LogP contribution in [0, 0.1) is 24.4 Å². The molecule has 2 rings (SSSR count). The van der Waals surface area contributed by atoms with Gasteiger partial charge in [0.15, 0.2) is 0 Å². The lowest BCUT2D eigenvalue weighted by Crippen LogP contribution is -2.25. The number of hydrogen-bond acceptors (Lipinski definition) is 2. The Labute approximate surface area is 142 Å². The molecule has 0 atom stereocenters. The molecular weight excluding hydrogens is 343 g/mol. The van der Waals surface area contributed by atoms with E-state index in [1.54, 1.807) is 6.92 Å². The molecule has 0 bridgehead atoms. The number of methoxy groups -OCH3 is 1. The van der Waals surface area contributed by atoms with Crippen molar-refractivity contribution in [1.29, 1.82) is 0 Å². The van der Waals surface area contributed by atoms with Gasteiger partial charge in [0, 0.05) is 17.7 Å². The highest BCUT2D eigenvalue weighted by molar-refractivity contribution is 5.41. The van der Waals surface area contributed by atoms with Crippen LogP contribution in [-0.2, 0) is 12.5 Å². The molecule has 0 saturated heterocycles. The van der Waals surface area contributed by atoms with E-state index >= 15 is 0 Å². The fraction of sp³-hybridized carbons (Fsp3) is 0.333. The fourth-order valence-electron chi connectivity index (χ4n) is 2.44. The maximum Gasteiger partial charge on any atom is 0.432 e. The molecule has 0 aliphatic rings. The summed E-state index contributed by atoms with van der Waals surface area (Å²) in [5.41, 5.74) is -1.16. The quantitative estimate of drug-likeness (QED) is 0.633. The van der Waals surface area contributed by atoms with Crippen LogP contribution in [0.2, 0.25) is 0 Å². The van der Waals surface area contributed by atoms with E-state index in [1.165, 1.54) is 14.0 Å². The van der Waals surface area contributed by atoms with Crippen molar-refractivity contribution in [1.82, 2.24) is 0 Å². The molecule has 25 heavy (non-hydrogen) atoms. The molecule has 0 amide bonds. The zero-order valence-electron chi connectivity index (χ0n) is 13.9. The van der Waals surface area contributed by atoms with Crippen molar-refractivity contribution < 1.29 is 31.4 Å². The Balaban J connectivity index is 2.41. The minimum Gasteiger partial charge on any atom is -0.496 e. The van der Waals surface area contributed by atoms with Gasteiger partial charge in [0.2, 0.25) is 0 Å². The predicted molar refractivity (Wildman–Crippen MR) is 82.6 cm³/mol. The summed E-state index contributed by atoms with van der Waals surface area (Å²) in [5, 5.41) is 0. The van der Waals surface area contributed by atoms with Gasteiger partial charge in [0.25, 0.3) is 0 Å². The standard InChI is InChI=1S/C18H17F5O2/c1-4-5-11-6-14(20)17(15(21)7-11)18(22,23)25-12-8-13(19)10(2)16(9-12)24-3/h6-9H,4-5H2,1-3H3. The Morgan fingerprint density at radius 2 is 1.56 bits per heavy atom. The molecule has 7 heteroatoms. The van der Waals surface area contributed by atoms with E-state index in [0.717, 1.165) is 18.2 Å². The third kappa shape index (κ3) is 4.03. The molecule has 0 radical (unpaired) electrons. The number of ether oxygens (including phenoxy) is 2. The summed E-state index contributed by atoms with van der Waals surface area (Å²) < 4.78 is 79.6. The van der Waals surface area contributed by atoms with Crippen molar-refractivity contribution in [2.45, 2.75) is 32.8 Å². The summed E-state index contributed by atoms with van der Waals surface area (Å²) in [6.45, 7) is 3.18. The van der Waals surface area contributed by atoms with Crippen LogP contribution in [0.15, 0.2) is 24.3 Å². The molecule has 2 aromatic carbocycles. The predicted octanol–water partition coefficient (Wildman–Crippen LogP) is 5.50. The van der Waals surface area contributed by atoms with Crippen LogP contribution in [0.4, 0.5) is 22.0 Å². The molecule has 0 aliphatic heterocycles. The SMILES string of the molecule is CCCc1cc(F)c(C(F)(F)Oc2cc(F)c(C)c(OC)c2)c(F)c1. The average Bonchev–Trinajstić information content (AvgIpc) is 2.49. The van der Waals surface area contributed by atoms with E-state index in [-0.39, 0.29) is 16.9 Å². The largest absolute Gasteiger partial charge is 0.496 e. The lowest BCUT2D eigenvalue weighted by atomic mass is 10.1. The minimum atomic E-state index is -4.33. The summed E-state index contributed by atoms with van der Waals surface area (Å²) in [5.74, 6) is -4.32. The molecule has 0 fully saturated rings. The van der Waals surface area contributed by atoms with Crippen molar-refractivity contribution in [3.63, 3.8) is 0 Å². The summed E-state index contributed by atoms with van der Waals surface area (Å²) >= 11 is 0. The third-order valence-corrected chi connectivity index (χ3v) is 3.67. The van der Waals surface area contributed by atoms with E-state index < -0.39 is 34.9 Å². The highest BCUT2D eigenvalue weighted by atomic mass is 19.3. The van der Waals surface area contributed by atoms with Gasteiger partial charge in [-0.25, -0.2) is 13.2 Å². The molecule has 0 aromatic heterocycles. The third-order valence-electron chi connectivity index (χ3n) is 3.67. The van der Waals surface area contributed by atoms with Crippen LogP contribution in [0.25, 0.3) is 0 Å². The molecular formula is C18H17F5O2. The van der Waals surface area contributed by atoms with E-state index in [2.05, 4.69) is 4.74 Å². The van der Waals surface area contributed by atoms with Gasteiger partial charge in [-0.3, -0.25) is 0 Å². The number of alkyl halides is 2. The number of hydrogen-bond donors (Lipinski definition) is 0. The van der Waals surface area contributed by atoms with Crippen molar-refractivity contribution in [3.8, 4) is 11.5 Å². The Morgan fingerprint density at radius 3 is 2.08 bits per heavy atom. The zero-order chi connectivity index (χ0) is 18.8. The van der Waals surface area contributed by atoms with Crippen LogP contribution in [0.3, 0.4) is 0 Å². The zero-order valence-corrected chi connectivity index (χ0v) is 13.9. The van der Waals surface area contributed by atoms with Gasteiger partial charge < -0.3 is 9.47 Å². The van der Waals surface area contributed by atoms with Gasteiger partial charge in [-0.1, -0.05) is 13.3 Å². The second-order valence-corrected chi connectivity index (χ2v) is 5.54. The normalized spacial score (nSPS) is 11.5. The molecule has 0 N–H and O–H groups in total. The lowest BCUT2D eigenvalue weighted by Gasteiger charge is -2.20. The molecule has 136 valence electrons. The van der Waals surface area contributed by atoms with E-state index in [4.69, 9.17) is 4.74 Å². The van der Waals surface area contributed by atoms with Gasteiger partial charge in [0.1, 0.15) is 34.5 Å². The highest BCUT2D eigenvalue weighted by Gasteiger charge is 2.41. The van der Waals surface area contributed by atoms with Gasteiger partial charge in [-0.05, 0) is 31.0 Å². The molecule has 0 spiro atoms. The molecule has 2 nitrogen and oxygen atoms in total. The van der Waals surface area contributed by atoms with Crippen molar-refractivity contribution in [2.24, 2.45) is 0 Å². The summed E-state index contributed by atoms with van der Waals surface area (Å²) in [4.78, 5) is 0. The van der Waals surface area contributed by atoms with Crippen molar-refractivity contribution in [2.75, 3.05) is 7.11 Å². The van der Waals surface area contributed by atoms with Crippen LogP contribution < -0.4 is 9.47 Å². The molecule has 2 aromatic rings. The van der Waals surface area contributed by atoms with Crippen molar-refractivity contribution in [3.05, 3.63) is 58.4 Å². The van der Waals surface area contributed by atoms with E-state index in [9.17, 15) is 22.0 Å². The van der Waals surface area contributed by atoms with Crippen LogP contribution in [-0.4, -0.2) is 7.11 Å². The van der Waals surface area contributed by atoms with Gasteiger partial charge >= 0.3 is 6.11 Å². The Morgan fingerprint density at radius 1 is 0.960 bits per heavy atom. The first-order valence-corrected chi connectivity index (χ1v) is 7.59. The smallest absolute Gasteiger partial charge is 0.432 e. The highest BCUT2D eigenvalue weighted by Crippen LogP contribution is 2.37. The second-order valence-electron chi connectivity index (χ2n) is 5.54. The topological polar surface area (TPSA) is 18.5 Å². The molecule has 0 aliphatic carbocycles. The monoisotopic (exact) mass is 360 g/mol. The summed E-state index contributed by atoms with van der Waals surface area (Å²) in [7, 11) is 1.23. The first-order chi connectivity index (χ1) is 11.7.